The van der Waals surface area contributed by atoms with Gasteiger partial charge in [-0.1, -0.05) is 23.7 Å². The molecule has 110 valence electrons. The maximum Gasteiger partial charge on any atom is 0.387 e. The summed E-state index contributed by atoms with van der Waals surface area (Å²) >= 11 is 5.76. The minimum atomic E-state index is -3.02. The summed E-state index contributed by atoms with van der Waals surface area (Å²) in [6.07, 6.45) is 0. The summed E-state index contributed by atoms with van der Waals surface area (Å²) in [5, 5.41) is 2.30. The van der Waals surface area contributed by atoms with Gasteiger partial charge in [-0.05, 0) is 30.3 Å². The van der Waals surface area contributed by atoms with Gasteiger partial charge in [-0.2, -0.15) is 8.78 Å². The van der Waals surface area contributed by atoms with Crippen molar-refractivity contribution in [3.05, 3.63) is 58.9 Å². The molecule has 0 fully saturated rings. The molecule has 0 heterocycles. The predicted molar refractivity (Wildman–Crippen MR) is 72.4 cm³/mol. The molecule has 0 aliphatic heterocycles. The highest BCUT2D eigenvalue weighted by Crippen LogP contribution is 2.27. The van der Waals surface area contributed by atoms with Crippen molar-refractivity contribution in [1.29, 1.82) is 0 Å². The van der Waals surface area contributed by atoms with Crippen LogP contribution in [0.25, 0.3) is 0 Å². The normalized spacial score (nSPS) is 10.5. The van der Waals surface area contributed by atoms with Gasteiger partial charge in [0.1, 0.15) is 11.6 Å². The van der Waals surface area contributed by atoms with Crippen molar-refractivity contribution in [2.45, 2.75) is 6.61 Å². The fourth-order valence-electron chi connectivity index (χ4n) is 1.63. The highest BCUT2D eigenvalue weighted by molar-refractivity contribution is 6.34. The molecule has 0 atom stereocenters. The molecule has 3 nitrogen and oxygen atoms in total. The Labute approximate surface area is 123 Å². The molecule has 0 aromatic heterocycles. The number of para-hydroxylation sites is 2. The Balaban J connectivity index is 2.23. The number of hydrogen-bond donors (Lipinski definition) is 1. The Morgan fingerprint density at radius 3 is 2.57 bits per heavy atom. The minimum Gasteiger partial charge on any atom is -0.433 e. The summed E-state index contributed by atoms with van der Waals surface area (Å²) in [4.78, 5) is 12.0. The number of rotatable bonds is 4. The third-order valence-electron chi connectivity index (χ3n) is 2.53. The number of nitrogens with one attached hydrogen (secondary N) is 1. The summed E-state index contributed by atoms with van der Waals surface area (Å²) < 4.78 is 41.8. The first-order valence-electron chi connectivity index (χ1n) is 5.77. The topological polar surface area (TPSA) is 38.3 Å². The molecule has 7 heteroatoms. The van der Waals surface area contributed by atoms with Crippen molar-refractivity contribution in [3.8, 4) is 5.75 Å². The minimum absolute atomic E-state index is 0.0184. The summed E-state index contributed by atoms with van der Waals surface area (Å²) in [5.41, 5.74) is 0.0770. The average molecular weight is 316 g/mol. The molecule has 0 aliphatic carbocycles. The lowest BCUT2D eigenvalue weighted by Crippen LogP contribution is -2.14. The molecule has 0 saturated carbocycles. The van der Waals surface area contributed by atoms with Crippen molar-refractivity contribution < 1.29 is 22.7 Å². The molecule has 2 rings (SSSR count). The van der Waals surface area contributed by atoms with Crippen molar-refractivity contribution in [2.75, 3.05) is 5.32 Å². The van der Waals surface area contributed by atoms with Crippen molar-refractivity contribution in [1.82, 2.24) is 0 Å². The zero-order chi connectivity index (χ0) is 15.4. The Hall–Kier alpha value is -2.21. The lowest BCUT2D eigenvalue weighted by Gasteiger charge is -2.12. The molecule has 21 heavy (non-hydrogen) atoms. The fraction of sp³-hybridized carbons (Fsp3) is 0.0714. The second kappa shape index (κ2) is 6.49. The van der Waals surface area contributed by atoms with Crippen LogP contribution in [-0.4, -0.2) is 12.5 Å². The molecule has 2 aromatic rings. The van der Waals surface area contributed by atoms with Crippen LogP contribution in [0.2, 0.25) is 5.02 Å². The number of carbonyl (C=O) groups is 1. The van der Waals surface area contributed by atoms with Crippen LogP contribution in [0.3, 0.4) is 0 Å². The van der Waals surface area contributed by atoms with E-state index >= 15 is 0 Å². The third-order valence-corrected chi connectivity index (χ3v) is 2.84. The highest BCUT2D eigenvalue weighted by atomic mass is 35.5. The zero-order valence-electron chi connectivity index (χ0n) is 10.4. The fourth-order valence-corrected chi connectivity index (χ4v) is 1.88. The van der Waals surface area contributed by atoms with Crippen LogP contribution >= 0.6 is 11.6 Å². The maximum absolute atomic E-state index is 12.9. The van der Waals surface area contributed by atoms with E-state index in [0.717, 1.165) is 12.1 Å². The number of amides is 1. The first-order chi connectivity index (χ1) is 9.97. The van der Waals surface area contributed by atoms with Gasteiger partial charge < -0.3 is 10.1 Å². The van der Waals surface area contributed by atoms with Crippen LogP contribution < -0.4 is 10.1 Å². The van der Waals surface area contributed by atoms with Gasteiger partial charge in [0.05, 0.1) is 16.3 Å². The standard InChI is InChI=1S/C14H9ClF3NO2/c15-10-7-8(16)5-6-9(10)13(20)19-11-3-1-2-4-12(11)21-14(17)18/h1-7,14H,(H,19,20). The van der Waals surface area contributed by atoms with Crippen LogP contribution in [0.5, 0.6) is 5.75 Å². The first kappa shape index (κ1) is 15.2. The van der Waals surface area contributed by atoms with E-state index < -0.39 is 18.3 Å². The third kappa shape index (κ3) is 3.88. The van der Waals surface area contributed by atoms with E-state index in [9.17, 15) is 18.0 Å². The number of ether oxygens (including phenoxy) is 1. The summed E-state index contributed by atoms with van der Waals surface area (Å²) in [6.45, 7) is -3.02. The van der Waals surface area contributed by atoms with E-state index in [-0.39, 0.29) is 22.0 Å². The van der Waals surface area contributed by atoms with E-state index in [0.29, 0.717) is 0 Å². The Kier molecular flexibility index (Phi) is 4.70. The van der Waals surface area contributed by atoms with E-state index in [4.69, 9.17) is 11.6 Å². The maximum atomic E-state index is 12.9. The van der Waals surface area contributed by atoms with Crippen molar-refractivity contribution >= 4 is 23.2 Å². The van der Waals surface area contributed by atoms with Crippen LogP contribution in [0, 0.1) is 5.82 Å². The zero-order valence-corrected chi connectivity index (χ0v) is 11.2. The smallest absolute Gasteiger partial charge is 0.387 e. The number of benzene rings is 2. The monoisotopic (exact) mass is 315 g/mol. The van der Waals surface area contributed by atoms with Crippen LogP contribution in [0.15, 0.2) is 42.5 Å². The van der Waals surface area contributed by atoms with Gasteiger partial charge in [-0.3, -0.25) is 4.79 Å². The highest BCUT2D eigenvalue weighted by Gasteiger charge is 2.15. The molecule has 0 radical (unpaired) electrons. The Bertz CT molecular complexity index is 664. The van der Waals surface area contributed by atoms with E-state index in [1.807, 2.05) is 0 Å². The van der Waals surface area contributed by atoms with E-state index in [2.05, 4.69) is 10.1 Å². The number of hydrogen-bond acceptors (Lipinski definition) is 2. The van der Waals surface area contributed by atoms with E-state index in [1.54, 1.807) is 6.07 Å². The molecular weight excluding hydrogens is 307 g/mol. The Morgan fingerprint density at radius 1 is 1.19 bits per heavy atom. The van der Waals surface area contributed by atoms with Gasteiger partial charge in [0.15, 0.2) is 0 Å². The quantitative estimate of drug-likeness (QED) is 0.912. The largest absolute Gasteiger partial charge is 0.433 e. The number of anilines is 1. The first-order valence-corrected chi connectivity index (χ1v) is 6.15. The molecule has 0 bridgehead atoms. The van der Waals surface area contributed by atoms with Crippen molar-refractivity contribution in [2.24, 2.45) is 0 Å². The SMILES string of the molecule is O=C(Nc1ccccc1OC(F)F)c1ccc(F)cc1Cl. The molecule has 1 amide bonds. The van der Waals surface area contributed by atoms with Gasteiger partial charge in [0.25, 0.3) is 5.91 Å². The van der Waals surface area contributed by atoms with Gasteiger partial charge >= 0.3 is 6.61 Å². The molecule has 1 N–H and O–H groups in total. The van der Waals surface area contributed by atoms with Crippen molar-refractivity contribution in [3.63, 3.8) is 0 Å². The average Bonchev–Trinajstić information content (AvgIpc) is 2.40. The van der Waals surface area contributed by atoms with Gasteiger partial charge in [-0.15, -0.1) is 0 Å². The van der Waals surface area contributed by atoms with E-state index in [1.165, 1.54) is 24.3 Å². The molecule has 0 spiro atoms. The lowest BCUT2D eigenvalue weighted by atomic mass is 10.2. The predicted octanol–water partition coefficient (Wildman–Crippen LogP) is 4.33. The van der Waals surface area contributed by atoms with Crippen LogP contribution in [-0.2, 0) is 0 Å². The van der Waals surface area contributed by atoms with Gasteiger partial charge in [0.2, 0.25) is 0 Å². The van der Waals surface area contributed by atoms with Gasteiger partial charge in [0, 0.05) is 0 Å². The molecule has 0 saturated heterocycles. The van der Waals surface area contributed by atoms with Crippen LogP contribution in [0.1, 0.15) is 10.4 Å². The second-order valence-electron chi connectivity index (χ2n) is 3.95. The summed E-state index contributed by atoms with van der Waals surface area (Å²) in [6, 6.07) is 8.96. The molecular formula is C14H9ClF3NO2. The van der Waals surface area contributed by atoms with Crippen LogP contribution in [0.4, 0.5) is 18.9 Å². The summed E-state index contributed by atoms with van der Waals surface area (Å²) in [7, 11) is 0. The Morgan fingerprint density at radius 2 is 1.90 bits per heavy atom. The number of alkyl halides is 2. The molecule has 2 aromatic carbocycles. The summed E-state index contributed by atoms with van der Waals surface area (Å²) in [5.74, 6) is -1.43. The number of halogens is 4. The number of carbonyl (C=O) groups excluding carboxylic acids is 1. The second-order valence-corrected chi connectivity index (χ2v) is 4.36. The lowest BCUT2D eigenvalue weighted by molar-refractivity contribution is -0.0493. The molecule has 0 aliphatic rings. The molecule has 0 unspecified atom stereocenters. The van der Waals surface area contributed by atoms with Gasteiger partial charge in [-0.25, -0.2) is 4.39 Å².